The molecule has 118 valence electrons. The summed E-state index contributed by atoms with van der Waals surface area (Å²) in [5, 5.41) is 0. The van der Waals surface area contributed by atoms with Crippen LogP contribution in [0.15, 0.2) is 18.2 Å². The molecule has 2 nitrogen and oxygen atoms in total. The molecule has 1 heterocycles. The first-order valence-electron chi connectivity index (χ1n) is 7.53. The molecule has 0 aliphatic carbocycles. The lowest BCUT2D eigenvalue weighted by molar-refractivity contribution is -0.137. The van der Waals surface area contributed by atoms with Crippen molar-refractivity contribution < 1.29 is 13.2 Å². The molecular formula is C16H23F3N2. The van der Waals surface area contributed by atoms with Gasteiger partial charge < -0.3 is 10.6 Å². The molecule has 0 bridgehead atoms. The Labute approximate surface area is 124 Å². The third-order valence-corrected chi connectivity index (χ3v) is 4.99. The van der Waals surface area contributed by atoms with Crippen LogP contribution in [0.4, 0.5) is 24.5 Å². The van der Waals surface area contributed by atoms with Gasteiger partial charge in [-0.3, -0.25) is 0 Å². The topological polar surface area (TPSA) is 29.3 Å². The lowest BCUT2D eigenvalue weighted by atomic mass is 9.74. The Balaban J connectivity index is 2.25. The SMILES string of the molecule is CCC1(CC)CCN(c2ccc(N)cc2C(F)(F)F)CC1. The molecule has 0 unspecified atom stereocenters. The van der Waals surface area contributed by atoms with Crippen LogP contribution in [0, 0.1) is 5.41 Å². The summed E-state index contributed by atoms with van der Waals surface area (Å²) in [4.78, 5) is 1.85. The monoisotopic (exact) mass is 300 g/mol. The second kappa shape index (κ2) is 5.78. The molecule has 1 aromatic rings. The number of rotatable bonds is 3. The van der Waals surface area contributed by atoms with Gasteiger partial charge in [-0.15, -0.1) is 0 Å². The van der Waals surface area contributed by atoms with Crippen LogP contribution in [0.2, 0.25) is 0 Å². The van der Waals surface area contributed by atoms with E-state index in [2.05, 4.69) is 13.8 Å². The van der Waals surface area contributed by atoms with Gasteiger partial charge in [0, 0.05) is 24.5 Å². The Morgan fingerprint density at radius 3 is 2.19 bits per heavy atom. The quantitative estimate of drug-likeness (QED) is 0.820. The zero-order valence-electron chi connectivity index (χ0n) is 12.6. The molecule has 0 saturated carbocycles. The van der Waals surface area contributed by atoms with Gasteiger partial charge in [-0.25, -0.2) is 0 Å². The van der Waals surface area contributed by atoms with Crippen molar-refractivity contribution in [3.05, 3.63) is 23.8 Å². The lowest BCUT2D eigenvalue weighted by Gasteiger charge is -2.42. The highest BCUT2D eigenvalue weighted by Gasteiger charge is 2.37. The van der Waals surface area contributed by atoms with E-state index in [4.69, 9.17) is 5.73 Å². The first-order chi connectivity index (χ1) is 9.81. The van der Waals surface area contributed by atoms with Crippen molar-refractivity contribution in [3.8, 4) is 0 Å². The molecule has 0 radical (unpaired) electrons. The van der Waals surface area contributed by atoms with E-state index < -0.39 is 11.7 Å². The van der Waals surface area contributed by atoms with Crippen molar-refractivity contribution in [3.63, 3.8) is 0 Å². The molecular weight excluding hydrogens is 277 g/mol. The zero-order valence-corrected chi connectivity index (χ0v) is 12.6. The third kappa shape index (κ3) is 3.27. The van der Waals surface area contributed by atoms with Gasteiger partial charge in [0.05, 0.1) is 5.56 Å². The van der Waals surface area contributed by atoms with Crippen LogP contribution in [0.1, 0.15) is 45.1 Å². The van der Waals surface area contributed by atoms with Crippen molar-refractivity contribution in [2.75, 3.05) is 23.7 Å². The van der Waals surface area contributed by atoms with Gasteiger partial charge >= 0.3 is 6.18 Å². The van der Waals surface area contributed by atoms with Crippen molar-refractivity contribution >= 4 is 11.4 Å². The Hall–Kier alpha value is -1.39. The Bertz CT molecular complexity index is 483. The molecule has 1 saturated heterocycles. The molecule has 1 aromatic carbocycles. The average Bonchev–Trinajstić information content (AvgIpc) is 2.46. The van der Waals surface area contributed by atoms with Gasteiger partial charge in [-0.1, -0.05) is 26.7 Å². The maximum Gasteiger partial charge on any atom is 0.418 e. The number of alkyl halides is 3. The summed E-state index contributed by atoms with van der Waals surface area (Å²) in [6, 6.07) is 4.09. The van der Waals surface area contributed by atoms with E-state index in [1.165, 1.54) is 6.07 Å². The molecule has 1 fully saturated rings. The Morgan fingerprint density at radius 2 is 1.71 bits per heavy atom. The van der Waals surface area contributed by atoms with Crippen molar-refractivity contribution in [1.29, 1.82) is 0 Å². The molecule has 1 aliphatic heterocycles. The Morgan fingerprint density at radius 1 is 1.14 bits per heavy atom. The number of nitrogen functional groups attached to an aromatic ring is 1. The molecule has 2 rings (SSSR count). The Kier molecular flexibility index (Phi) is 4.40. The number of anilines is 2. The molecule has 0 atom stereocenters. The minimum atomic E-state index is -4.37. The number of halogens is 3. The summed E-state index contributed by atoms with van der Waals surface area (Å²) in [7, 11) is 0. The van der Waals surface area contributed by atoms with Crippen LogP contribution in [0.3, 0.4) is 0 Å². The first kappa shape index (κ1) is 16.0. The van der Waals surface area contributed by atoms with Crippen molar-refractivity contribution in [2.24, 2.45) is 5.41 Å². The maximum absolute atomic E-state index is 13.2. The number of hydrogen-bond donors (Lipinski definition) is 1. The smallest absolute Gasteiger partial charge is 0.399 e. The van der Waals surface area contributed by atoms with E-state index in [0.29, 0.717) is 18.5 Å². The molecule has 0 spiro atoms. The molecule has 5 heteroatoms. The first-order valence-corrected chi connectivity index (χ1v) is 7.53. The predicted octanol–water partition coefficient (Wildman–Crippen LogP) is 4.69. The zero-order chi connectivity index (χ0) is 15.7. The molecule has 2 N–H and O–H groups in total. The highest BCUT2D eigenvalue weighted by Crippen LogP contribution is 2.42. The minimum Gasteiger partial charge on any atom is -0.399 e. The predicted molar refractivity (Wildman–Crippen MR) is 80.3 cm³/mol. The minimum absolute atomic E-state index is 0.152. The number of nitrogens with zero attached hydrogens (tertiary/aromatic N) is 1. The second-order valence-electron chi connectivity index (χ2n) is 5.97. The number of benzene rings is 1. The van der Waals surface area contributed by atoms with Crippen LogP contribution in [-0.4, -0.2) is 13.1 Å². The average molecular weight is 300 g/mol. The highest BCUT2D eigenvalue weighted by atomic mass is 19.4. The van der Waals surface area contributed by atoms with Gasteiger partial charge in [0.2, 0.25) is 0 Å². The van der Waals surface area contributed by atoms with Crippen LogP contribution >= 0.6 is 0 Å². The molecule has 1 aliphatic rings. The number of piperidine rings is 1. The van der Waals surface area contributed by atoms with E-state index in [1.807, 2.05) is 4.90 Å². The van der Waals surface area contributed by atoms with Crippen LogP contribution in [0.25, 0.3) is 0 Å². The maximum atomic E-state index is 13.2. The van der Waals surface area contributed by atoms with Crippen molar-refractivity contribution in [1.82, 2.24) is 0 Å². The van der Waals surface area contributed by atoms with Crippen LogP contribution in [-0.2, 0) is 6.18 Å². The van der Waals surface area contributed by atoms with Gasteiger partial charge in [-0.05, 0) is 36.5 Å². The largest absolute Gasteiger partial charge is 0.418 e. The molecule has 0 aromatic heterocycles. The van der Waals surface area contributed by atoms with Crippen LogP contribution in [0.5, 0.6) is 0 Å². The van der Waals surface area contributed by atoms with Crippen molar-refractivity contribution in [2.45, 2.75) is 45.7 Å². The highest BCUT2D eigenvalue weighted by molar-refractivity contribution is 5.61. The lowest BCUT2D eigenvalue weighted by Crippen LogP contribution is -2.40. The van der Waals surface area contributed by atoms with Gasteiger partial charge in [0.1, 0.15) is 0 Å². The van der Waals surface area contributed by atoms with E-state index in [9.17, 15) is 13.2 Å². The standard InChI is InChI=1S/C16H23F3N2/c1-3-15(4-2)7-9-21(10-8-15)14-6-5-12(20)11-13(14)16(17,18)19/h5-6,11H,3-4,7-10,20H2,1-2H3. The van der Waals surface area contributed by atoms with E-state index in [0.717, 1.165) is 31.7 Å². The van der Waals surface area contributed by atoms with E-state index in [1.54, 1.807) is 6.07 Å². The summed E-state index contributed by atoms with van der Waals surface area (Å²) in [6.07, 6.45) is -0.297. The summed E-state index contributed by atoms with van der Waals surface area (Å²) in [5.74, 6) is 0. The number of hydrogen-bond acceptors (Lipinski definition) is 2. The fourth-order valence-electron chi connectivity index (χ4n) is 3.24. The van der Waals surface area contributed by atoms with Gasteiger partial charge in [0.25, 0.3) is 0 Å². The summed E-state index contributed by atoms with van der Waals surface area (Å²) in [5.41, 5.74) is 5.61. The van der Waals surface area contributed by atoms with Gasteiger partial charge in [-0.2, -0.15) is 13.2 Å². The molecule has 0 amide bonds. The fraction of sp³-hybridized carbons (Fsp3) is 0.625. The fourth-order valence-corrected chi connectivity index (χ4v) is 3.24. The summed E-state index contributed by atoms with van der Waals surface area (Å²) >= 11 is 0. The van der Waals surface area contributed by atoms with E-state index >= 15 is 0 Å². The van der Waals surface area contributed by atoms with E-state index in [-0.39, 0.29) is 11.4 Å². The number of nitrogens with two attached hydrogens (primary N) is 1. The summed E-state index contributed by atoms with van der Waals surface area (Å²) < 4.78 is 39.6. The second-order valence-corrected chi connectivity index (χ2v) is 5.97. The summed E-state index contributed by atoms with van der Waals surface area (Å²) in [6.45, 7) is 5.69. The third-order valence-electron chi connectivity index (χ3n) is 4.99. The normalized spacial score (nSPS) is 18.8. The van der Waals surface area contributed by atoms with Gasteiger partial charge in [0.15, 0.2) is 0 Å². The molecule has 21 heavy (non-hydrogen) atoms. The van der Waals surface area contributed by atoms with Crippen LogP contribution < -0.4 is 10.6 Å².